The van der Waals surface area contributed by atoms with E-state index in [1.807, 2.05) is 24.4 Å². The molecule has 0 radical (unpaired) electrons. The number of pyridine rings is 1. The maximum absolute atomic E-state index is 6.33. The minimum atomic E-state index is -0.251. The van der Waals surface area contributed by atoms with Crippen LogP contribution >= 0.6 is 0 Å². The number of aromatic nitrogens is 3. The first-order valence-electron chi connectivity index (χ1n) is 15.6. The van der Waals surface area contributed by atoms with Crippen LogP contribution in [-0.2, 0) is 5.41 Å². The predicted molar refractivity (Wildman–Crippen MR) is 186 cm³/mol. The summed E-state index contributed by atoms with van der Waals surface area (Å²) in [7, 11) is 0. The van der Waals surface area contributed by atoms with Crippen LogP contribution in [0, 0.1) is 0 Å². The van der Waals surface area contributed by atoms with Crippen molar-refractivity contribution < 1.29 is 4.42 Å². The largest absolute Gasteiger partial charge is 0.455 e. The van der Waals surface area contributed by atoms with Crippen molar-refractivity contribution in [3.63, 3.8) is 0 Å². The third-order valence-corrected chi connectivity index (χ3v) is 9.38. The maximum Gasteiger partial charge on any atom is 0.160 e. The Labute approximate surface area is 267 Å². The number of hydrogen-bond acceptors (Lipinski definition) is 4. The normalized spacial score (nSPS) is 13.2. The second-order valence-corrected chi connectivity index (χ2v) is 12.5. The topological polar surface area (TPSA) is 51.8 Å². The van der Waals surface area contributed by atoms with Gasteiger partial charge in [-0.15, -0.1) is 0 Å². The summed E-state index contributed by atoms with van der Waals surface area (Å²) in [5.74, 6) is 0.710. The summed E-state index contributed by atoms with van der Waals surface area (Å²) >= 11 is 0. The van der Waals surface area contributed by atoms with Gasteiger partial charge in [0.25, 0.3) is 0 Å². The van der Waals surface area contributed by atoms with Gasteiger partial charge in [0.1, 0.15) is 11.2 Å². The molecule has 1 aliphatic carbocycles. The van der Waals surface area contributed by atoms with E-state index < -0.39 is 0 Å². The zero-order valence-corrected chi connectivity index (χ0v) is 25.5. The first kappa shape index (κ1) is 26.5. The van der Waals surface area contributed by atoms with E-state index in [2.05, 4.69) is 128 Å². The second-order valence-electron chi connectivity index (χ2n) is 12.5. The van der Waals surface area contributed by atoms with E-state index >= 15 is 0 Å². The molecule has 3 aromatic heterocycles. The van der Waals surface area contributed by atoms with Crippen molar-refractivity contribution in [1.29, 1.82) is 0 Å². The van der Waals surface area contributed by atoms with E-state index in [9.17, 15) is 0 Å². The third kappa shape index (κ3) is 4.04. The first-order valence-corrected chi connectivity index (χ1v) is 15.6. The van der Waals surface area contributed by atoms with Gasteiger partial charge in [0, 0.05) is 62.0 Å². The summed E-state index contributed by atoms with van der Waals surface area (Å²) in [6, 6.07) is 44.4. The van der Waals surface area contributed by atoms with Crippen molar-refractivity contribution in [3.05, 3.63) is 151 Å². The summed E-state index contributed by atoms with van der Waals surface area (Å²) < 4.78 is 6.33. The zero-order valence-electron chi connectivity index (χ0n) is 25.5. The summed E-state index contributed by atoms with van der Waals surface area (Å²) in [6.45, 7) is 4.56. The lowest BCUT2D eigenvalue weighted by molar-refractivity contribution is 0.658. The number of fused-ring (bicyclic) bond motifs is 6. The average molecular weight is 592 g/mol. The fourth-order valence-electron chi connectivity index (χ4n) is 7.11. The van der Waals surface area contributed by atoms with Crippen LogP contribution in [0.4, 0.5) is 0 Å². The predicted octanol–water partition coefficient (Wildman–Crippen LogP) is 10.7. The van der Waals surface area contributed by atoms with Gasteiger partial charge in [0.05, 0.1) is 11.4 Å². The van der Waals surface area contributed by atoms with Crippen LogP contribution < -0.4 is 0 Å². The average Bonchev–Trinajstić information content (AvgIpc) is 3.61. The van der Waals surface area contributed by atoms with Crippen LogP contribution in [0.3, 0.4) is 0 Å². The highest BCUT2D eigenvalue weighted by Gasteiger charge is 2.40. The van der Waals surface area contributed by atoms with E-state index in [0.717, 1.165) is 72.3 Å². The number of rotatable bonds is 4. The minimum Gasteiger partial charge on any atom is -0.455 e. The van der Waals surface area contributed by atoms with Crippen molar-refractivity contribution >= 4 is 21.9 Å². The Hall–Kier alpha value is -5.87. The molecule has 4 heteroatoms. The molecular formula is C42H29N3O. The van der Waals surface area contributed by atoms with Crippen LogP contribution in [0.1, 0.15) is 25.0 Å². The summed E-state index contributed by atoms with van der Waals surface area (Å²) in [5.41, 5.74) is 13.5. The van der Waals surface area contributed by atoms with Gasteiger partial charge in [-0.05, 0) is 34.9 Å². The van der Waals surface area contributed by atoms with Crippen LogP contribution in [0.2, 0.25) is 0 Å². The quantitative estimate of drug-likeness (QED) is 0.204. The van der Waals surface area contributed by atoms with Crippen LogP contribution in [-0.4, -0.2) is 15.0 Å². The van der Waals surface area contributed by atoms with Gasteiger partial charge in [0.2, 0.25) is 0 Å². The lowest BCUT2D eigenvalue weighted by Crippen LogP contribution is -2.17. The highest BCUT2D eigenvalue weighted by molar-refractivity contribution is 6.09. The monoisotopic (exact) mass is 591 g/mol. The number of benzene rings is 5. The molecule has 0 saturated carbocycles. The Morgan fingerprint density at radius 2 is 1.24 bits per heavy atom. The standard InChI is InChI=1S/C42H29N3O/c1-42(2)35-17-5-3-14-34(35)39-37(42)38(29-11-7-10-28(24-29)30-12-9-23-43-25-30)44-41(45-39)27-21-19-26(20-22-27)31-15-8-16-33-32-13-4-6-18-36(32)46-40(31)33/h3-25H,1-2H3. The highest BCUT2D eigenvalue weighted by atomic mass is 16.3. The lowest BCUT2D eigenvalue weighted by Gasteiger charge is -2.24. The van der Waals surface area contributed by atoms with Gasteiger partial charge in [-0.2, -0.15) is 0 Å². The SMILES string of the molecule is CC1(C)c2ccccc2-c2nc(-c3ccc(-c4cccc5c4oc4ccccc45)cc3)nc(-c3cccc(-c4cccnc4)c3)c21. The Kier molecular flexibility index (Phi) is 5.81. The van der Waals surface area contributed by atoms with E-state index in [4.69, 9.17) is 14.4 Å². The number of nitrogens with zero attached hydrogens (tertiary/aromatic N) is 3. The lowest BCUT2D eigenvalue weighted by atomic mass is 9.80. The summed E-state index contributed by atoms with van der Waals surface area (Å²) in [4.78, 5) is 15.0. The van der Waals surface area contributed by atoms with Crippen molar-refractivity contribution in [2.45, 2.75) is 19.3 Å². The number of hydrogen-bond donors (Lipinski definition) is 0. The molecule has 9 rings (SSSR count). The van der Waals surface area contributed by atoms with Crippen molar-refractivity contribution in [1.82, 2.24) is 15.0 Å². The van der Waals surface area contributed by atoms with E-state index in [-0.39, 0.29) is 5.41 Å². The van der Waals surface area contributed by atoms with Gasteiger partial charge < -0.3 is 4.42 Å². The Morgan fingerprint density at radius 1 is 0.543 bits per heavy atom. The summed E-state index contributed by atoms with van der Waals surface area (Å²) in [5, 5.41) is 2.25. The fourth-order valence-corrected chi connectivity index (χ4v) is 7.11. The van der Waals surface area contributed by atoms with E-state index in [1.165, 1.54) is 11.1 Å². The Balaban J connectivity index is 1.20. The van der Waals surface area contributed by atoms with Crippen molar-refractivity contribution in [2.75, 3.05) is 0 Å². The molecule has 0 fully saturated rings. The molecule has 0 saturated heterocycles. The van der Waals surface area contributed by atoms with Gasteiger partial charge >= 0.3 is 0 Å². The fraction of sp³-hybridized carbons (Fsp3) is 0.0714. The second kappa shape index (κ2) is 10.1. The van der Waals surface area contributed by atoms with E-state index in [0.29, 0.717) is 5.82 Å². The number of para-hydroxylation sites is 2. The van der Waals surface area contributed by atoms with Crippen LogP contribution in [0.5, 0.6) is 0 Å². The molecule has 4 nitrogen and oxygen atoms in total. The van der Waals surface area contributed by atoms with Crippen LogP contribution in [0.25, 0.3) is 78.1 Å². The van der Waals surface area contributed by atoms with Crippen LogP contribution in [0.15, 0.2) is 144 Å². The van der Waals surface area contributed by atoms with Crippen molar-refractivity contribution in [3.8, 4) is 56.2 Å². The Bertz CT molecular complexity index is 2440. The van der Waals surface area contributed by atoms with Crippen molar-refractivity contribution in [2.24, 2.45) is 0 Å². The zero-order chi connectivity index (χ0) is 30.8. The third-order valence-electron chi connectivity index (χ3n) is 9.38. The molecule has 0 amide bonds. The van der Waals surface area contributed by atoms with Gasteiger partial charge in [-0.3, -0.25) is 4.98 Å². The smallest absolute Gasteiger partial charge is 0.160 e. The molecule has 0 atom stereocenters. The molecule has 218 valence electrons. The molecule has 8 aromatic rings. The number of furan rings is 1. The molecule has 0 unspecified atom stereocenters. The molecular weight excluding hydrogens is 562 g/mol. The van der Waals surface area contributed by atoms with Gasteiger partial charge in [0.15, 0.2) is 5.82 Å². The highest BCUT2D eigenvalue weighted by Crippen LogP contribution is 2.51. The molecule has 0 aliphatic heterocycles. The molecule has 1 aliphatic rings. The molecule has 0 bridgehead atoms. The summed E-state index contributed by atoms with van der Waals surface area (Å²) in [6.07, 6.45) is 3.71. The van der Waals surface area contributed by atoms with E-state index in [1.54, 1.807) is 6.20 Å². The van der Waals surface area contributed by atoms with Gasteiger partial charge in [-0.25, -0.2) is 9.97 Å². The maximum atomic E-state index is 6.33. The first-order chi connectivity index (χ1) is 22.6. The minimum absolute atomic E-state index is 0.251. The molecule has 0 N–H and O–H groups in total. The van der Waals surface area contributed by atoms with Gasteiger partial charge in [-0.1, -0.05) is 123 Å². The molecule has 3 heterocycles. The molecule has 0 spiro atoms. The molecule has 5 aromatic carbocycles. The Morgan fingerprint density at radius 3 is 2.11 bits per heavy atom. The molecule has 46 heavy (non-hydrogen) atoms.